The third-order valence-electron chi connectivity index (χ3n) is 3.74. The van der Waals surface area contributed by atoms with Gasteiger partial charge in [0.05, 0.1) is 6.26 Å². The summed E-state index contributed by atoms with van der Waals surface area (Å²) in [6.45, 7) is 0.744. The maximum absolute atomic E-state index is 11.6. The molecule has 2 N–H and O–H groups in total. The van der Waals surface area contributed by atoms with Crippen molar-refractivity contribution < 1.29 is 9.21 Å². The van der Waals surface area contributed by atoms with Crippen molar-refractivity contribution in [3.8, 4) is 0 Å². The minimum absolute atomic E-state index is 0.174. The molecule has 0 aromatic carbocycles. The van der Waals surface area contributed by atoms with Gasteiger partial charge in [0.25, 0.3) is 0 Å². The van der Waals surface area contributed by atoms with Crippen molar-refractivity contribution in [2.45, 2.75) is 50.6 Å². The molecule has 2 aliphatic rings. The number of hydrogen-bond acceptors (Lipinski definition) is 3. The van der Waals surface area contributed by atoms with Gasteiger partial charge in [-0.25, -0.2) is 0 Å². The van der Waals surface area contributed by atoms with Gasteiger partial charge in [0, 0.05) is 37.0 Å². The van der Waals surface area contributed by atoms with Gasteiger partial charge in [-0.1, -0.05) is 0 Å². The first kappa shape index (κ1) is 11.8. The summed E-state index contributed by atoms with van der Waals surface area (Å²) in [6.07, 6.45) is 7.98. The van der Waals surface area contributed by atoms with Crippen LogP contribution in [0.15, 0.2) is 16.7 Å². The van der Waals surface area contributed by atoms with E-state index in [-0.39, 0.29) is 5.91 Å². The normalized spacial score (nSPS) is 22.6. The van der Waals surface area contributed by atoms with Gasteiger partial charge < -0.3 is 15.1 Å². The van der Waals surface area contributed by atoms with Crippen LogP contribution >= 0.6 is 0 Å². The van der Waals surface area contributed by atoms with E-state index in [1.54, 1.807) is 6.26 Å². The largest absolute Gasteiger partial charge is 0.469 e. The molecule has 0 aliphatic heterocycles. The molecule has 2 aliphatic carbocycles. The zero-order chi connectivity index (χ0) is 12.4. The van der Waals surface area contributed by atoms with Crippen LogP contribution in [0, 0.1) is 0 Å². The second-order valence-electron chi connectivity index (χ2n) is 5.29. The SMILES string of the molecule is O=C(CCNC1CCCc2occc21)NC1CC1. The lowest BCUT2D eigenvalue weighted by atomic mass is 9.93. The second kappa shape index (κ2) is 5.14. The van der Waals surface area contributed by atoms with Crippen molar-refractivity contribution in [2.24, 2.45) is 0 Å². The summed E-state index contributed by atoms with van der Waals surface area (Å²) in [4.78, 5) is 11.6. The van der Waals surface area contributed by atoms with E-state index in [1.165, 1.54) is 5.56 Å². The molecule has 1 aromatic heterocycles. The fourth-order valence-electron chi connectivity index (χ4n) is 2.59. The predicted molar refractivity (Wildman–Crippen MR) is 68.2 cm³/mol. The fourth-order valence-corrected chi connectivity index (χ4v) is 2.59. The molecule has 98 valence electrons. The van der Waals surface area contributed by atoms with Gasteiger partial charge in [-0.15, -0.1) is 0 Å². The van der Waals surface area contributed by atoms with Gasteiger partial charge in [-0.2, -0.15) is 0 Å². The standard InChI is InChI=1S/C14H20N2O2/c17-14(16-10-4-5-10)6-8-15-12-2-1-3-13-11(12)7-9-18-13/h7,9-10,12,15H,1-6,8H2,(H,16,17). The van der Waals surface area contributed by atoms with Crippen molar-refractivity contribution in [3.05, 3.63) is 23.7 Å². The molecule has 4 heteroatoms. The number of nitrogens with one attached hydrogen (secondary N) is 2. The van der Waals surface area contributed by atoms with E-state index in [1.807, 2.05) is 0 Å². The highest BCUT2D eigenvalue weighted by atomic mass is 16.3. The predicted octanol–water partition coefficient (Wildman–Crippen LogP) is 1.92. The summed E-state index contributed by atoms with van der Waals surface area (Å²) in [7, 11) is 0. The van der Waals surface area contributed by atoms with E-state index in [0.717, 1.165) is 44.4 Å². The first-order valence-electron chi connectivity index (χ1n) is 6.92. The highest BCUT2D eigenvalue weighted by Gasteiger charge is 2.24. The number of fused-ring (bicyclic) bond motifs is 1. The number of carbonyl (C=O) groups is 1. The molecule has 1 heterocycles. The van der Waals surface area contributed by atoms with Crippen LogP contribution in [0.2, 0.25) is 0 Å². The molecule has 4 nitrogen and oxygen atoms in total. The molecule has 1 fully saturated rings. The van der Waals surface area contributed by atoms with E-state index in [4.69, 9.17) is 4.42 Å². The Kier molecular flexibility index (Phi) is 3.37. The lowest BCUT2D eigenvalue weighted by Gasteiger charge is -2.22. The Bertz CT molecular complexity index is 423. The molecule has 1 aromatic rings. The molecular weight excluding hydrogens is 228 g/mol. The molecule has 3 rings (SSSR count). The molecule has 0 spiro atoms. The van der Waals surface area contributed by atoms with Crippen LogP contribution in [-0.2, 0) is 11.2 Å². The Morgan fingerprint density at radius 3 is 3.11 bits per heavy atom. The van der Waals surface area contributed by atoms with Crippen LogP contribution in [0.5, 0.6) is 0 Å². The highest BCUT2D eigenvalue weighted by Crippen LogP contribution is 2.30. The Hall–Kier alpha value is -1.29. The van der Waals surface area contributed by atoms with Crippen molar-refractivity contribution >= 4 is 5.91 Å². The highest BCUT2D eigenvalue weighted by molar-refractivity contribution is 5.76. The molecule has 1 atom stereocenters. The minimum atomic E-state index is 0.174. The molecule has 1 amide bonds. The Morgan fingerprint density at radius 1 is 1.39 bits per heavy atom. The number of furan rings is 1. The van der Waals surface area contributed by atoms with E-state index in [9.17, 15) is 4.79 Å². The van der Waals surface area contributed by atoms with Gasteiger partial charge in [0.15, 0.2) is 0 Å². The number of aryl methyl sites for hydroxylation is 1. The molecule has 0 saturated heterocycles. The van der Waals surface area contributed by atoms with E-state index < -0.39 is 0 Å². The summed E-state index contributed by atoms with van der Waals surface area (Å²) in [5.74, 6) is 1.29. The summed E-state index contributed by atoms with van der Waals surface area (Å²) in [5.41, 5.74) is 1.28. The Balaban J connectivity index is 1.45. The average molecular weight is 248 g/mol. The number of amides is 1. The maximum Gasteiger partial charge on any atom is 0.221 e. The summed E-state index contributed by atoms with van der Waals surface area (Å²) < 4.78 is 5.46. The van der Waals surface area contributed by atoms with Gasteiger partial charge >= 0.3 is 0 Å². The van der Waals surface area contributed by atoms with Crippen LogP contribution in [-0.4, -0.2) is 18.5 Å². The molecule has 0 radical (unpaired) electrons. The Morgan fingerprint density at radius 2 is 2.28 bits per heavy atom. The van der Waals surface area contributed by atoms with E-state index in [2.05, 4.69) is 16.7 Å². The summed E-state index contributed by atoms with van der Waals surface area (Å²) in [6, 6.07) is 2.88. The van der Waals surface area contributed by atoms with Crippen LogP contribution in [0.3, 0.4) is 0 Å². The molecule has 18 heavy (non-hydrogen) atoms. The first-order valence-corrected chi connectivity index (χ1v) is 6.92. The lowest BCUT2D eigenvalue weighted by molar-refractivity contribution is -0.121. The summed E-state index contributed by atoms with van der Waals surface area (Å²) in [5, 5.41) is 6.48. The van der Waals surface area contributed by atoms with Crippen molar-refractivity contribution in [3.63, 3.8) is 0 Å². The van der Waals surface area contributed by atoms with Gasteiger partial charge in [0.1, 0.15) is 5.76 Å². The molecular formula is C14H20N2O2. The van der Waals surface area contributed by atoms with Crippen LogP contribution in [0.25, 0.3) is 0 Å². The average Bonchev–Trinajstić information content (AvgIpc) is 3.04. The monoisotopic (exact) mass is 248 g/mol. The zero-order valence-electron chi connectivity index (χ0n) is 10.6. The second-order valence-corrected chi connectivity index (χ2v) is 5.29. The molecule has 1 unspecified atom stereocenters. The quantitative estimate of drug-likeness (QED) is 0.837. The van der Waals surface area contributed by atoms with Gasteiger partial charge in [0.2, 0.25) is 5.91 Å². The lowest BCUT2D eigenvalue weighted by Crippen LogP contribution is -2.31. The first-order chi connectivity index (χ1) is 8.83. The topological polar surface area (TPSA) is 54.3 Å². The van der Waals surface area contributed by atoms with Gasteiger partial charge in [-0.3, -0.25) is 4.79 Å². The third-order valence-corrected chi connectivity index (χ3v) is 3.74. The van der Waals surface area contributed by atoms with E-state index >= 15 is 0 Å². The number of carbonyl (C=O) groups excluding carboxylic acids is 1. The zero-order valence-corrected chi connectivity index (χ0v) is 10.6. The fraction of sp³-hybridized carbons (Fsp3) is 0.643. The van der Waals surface area contributed by atoms with Crippen LogP contribution in [0.4, 0.5) is 0 Å². The number of hydrogen-bond donors (Lipinski definition) is 2. The van der Waals surface area contributed by atoms with E-state index in [0.29, 0.717) is 18.5 Å². The number of rotatable bonds is 5. The van der Waals surface area contributed by atoms with Crippen LogP contribution < -0.4 is 10.6 Å². The van der Waals surface area contributed by atoms with Gasteiger partial charge in [-0.05, 0) is 31.7 Å². The maximum atomic E-state index is 11.6. The molecule has 1 saturated carbocycles. The summed E-state index contributed by atoms with van der Waals surface area (Å²) >= 11 is 0. The van der Waals surface area contributed by atoms with Crippen molar-refractivity contribution in [1.29, 1.82) is 0 Å². The van der Waals surface area contributed by atoms with Crippen molar-refractivity contribution in [2.75, 3.05) is 6.54 Å². The molecule has 0 bridgehead atoms. The third kappa shape index (κ3) is 2.75. The smallest absolute Gasteiger partial charge is 0.221 e. The minimum Gasteiger partial charge on any atom is -0.469 e. The van der Waals surface area contributed by atoms with Crippen molar-refractivity contribution in [1.82, 2.24) is 10.6 Å². The Labute approximate surface area is 107 Å². The van der Waals surface area contributed by atoms with Crippen LogP contribution in [0.1, 0.15) is 49.5 Å².